The summed E-state index contributed by atoms with van der Waals surface area (Å²) in [6.07, 6.45) is 0.786. The Morgan fingerprint density at radius 1 is 1.02 bits per heavy atom. The second-order valence-corrected chi connectivity index (χ2v) is 12.1. The SMILES string of the molecule is CC(C)Oc1cc(C(=O)N[C@@H](Cc2ccccc2)[C@H](O)CNCc2cc(Br)cc(Br)c2)cc(N2CCCC2=O)c1. The highest BCUT2D eigenvalue weighted by Gasteiger charge is 2.26. The molecule has 3 N–H and O–H groups in total. The number of benzene rings is 3. The molecule has 7 nitrogen and oxygen atoms in total. The summed E-state index contributed by atoms with van der Waals surface area (Å²) in [5.41, 5.74) is 3.09. The second kappa shape index (κ2) is 14.3. The molecule has 0 unspecified atom stereocenters. The van der Waals surface area contributed by atoms with Crippen molar-refractivity contribution in [3.05, 3.63) is 92.4 Å². The lowest BCUT2D eigenvalue weighted by Crippen LogP contribution is -2.48. The van der Waals surface area contributed by atoms with E-state index in [0.717, 1.165) is 26.5 Å². The molecule has 2 amide bonds. The lowest BCUT2D eigenvalue weighted by molar-refractivity contribution is -0.117. The fraction of sp³-hybridized carbons (Fsp3) is 0.355. The van der Waals surface area contributed by atoms with Gasteiger partial charge in [0.15, 0.2) is 0 Å². The molecule has 0 saturated carbocycles. The number of nitrogens with zero attached hydrogens (tertiary/aromatic N) is 1. The van der Waals surface area contributed by atoms with Gasteiger partial charge in [0.2, 0.25) is 5.91 Å². The Morgan fingerprint density at radius 3 is 2.40 bits per heavy atom. The third kappa shape index (κ3) is 8.64. The highest BCUT2D eigenvalue weighted by Crippen LogP contribution is 2.28. The summed E-state index contributed by atoms with van der Waals surface area (Å²) in [6, 6.07) is 20.4. The van der Waals surface area contributed by atoms with Crippen LogP contribution in [0.1, 0.15) is 48.2 Å². The molecule has 0 aromatic heterocycles. The molecule has 212 valence electrons. The Bertz CT molecular complexity index is 1300. The maximum Gasteiger partial charge on any atom is 0.251 e. The second-order valence-electron chi connectivity index (χ2n) is 10.3. The zero-order valence-corrected chi connectivity index (χ0v) is 25.9. The van der Waals surface area contributed by atoms with Crippen molar-refractivity contribution < 1.29 is 19.4 Å². The average molecular weight is 673 g/mol. The van der Waals surface area contributed by atoms with Crippen LogP contribution in [-0.2, 0) is 17.8 Å². The van der Waals surface area contributed by atoms with Gasteiger partial charge in [-0.3, -0.25) is 9.59 Å². The van der Waals surface area contributed by atoms with Crippen LogP contribution < -0.4 is 20.3 Å². The van der Waals surface area contributed by atoms with Crippen molar-refractivity contribution in [3.8, 4) is 5.75 Å². The summed E-state index contributed by atoms with van der Waals surface area (Å²) in [6.45, 7) is 5.29. The van der Waals surface area contributed by atoms with Crippen LogP contribution in [0, 0.1) is 0 Å². The number of rotatable bonds is 12. The highest BCUT2D eigenvalue weighted by atomic mass is 79.9. The van der Waals surface area contributed by atoms with E-state index in [1.54, 1.807) is 23.1 Å². The van der Waals surface area contributed by atoms with Crippen molar-refractivity contribution in [2.75, 3.05) is 18.0 Å². The monoisotopic (exact) mass is 671 g/mol. The minimum Gasteiger partial charge on any atom is -0.491 e. The molecule has 9 heteroatoms. The molecule has 1 saturated heterocycles. The Hall–Kier alpha value is -2.72. The molecule has 3 aromatic rings. The molecule has 1 aliphatic rings. The van der Waals surface area contributed by atoms with E-state index in [2.05, 4.69) is 42.5 Å². The lowest BCUT2D eigenvalue weighted by Gasteiger charge is -2.26. The van der Waals surface area contributed by atoms with Gasteiger partial charge in [0.05, 0.1) is 18.2 Å². The number of hydrogen-bond acceptors (Lipinski definition) is 5. The molecule has 4 rings (SSSR count). The van der Waals surface area contributed by atoms with Crippen LogP contribution in [0.15, 0.2) is 75.7 Å². The van der Waals surface area contributed by atoms with Crippen LogP contribution in [-0.4, -0.2) is 48.3 Å². The largest absolute Gasteiger partial charge is 0.491 e. The van der Waals surface area contributed by atoms with E-state index in [1.807, 2.05) is 62.4 Å². The van der Waals surface area contributed by atoms with Crippen molar-refractivity contribution in [2.45, 2.75) is 57.9 Å². The zero-order chi connectivity index (χ0) is 28.6. The third-order valence-electron chi connectivity index (χ3n) is 6.59. The lowest BCUT2D eigenvalue weighted by atomic mass is 10.00. The van der Waals surface area contributed by atoms with Gasteiger partial charge < -0.3 is 25.4 Å². The number of amides is 2. The molecule has 0 radical (unpaired) electrons. The van der Waals surface area contributed by atoms with Gasteiger partial charge in [-0.05, 0) is 68.1 Å². The number of nitrogens with one attached hydrogen (secondary N) is 2. The van der Waals surface area contributed by atoms with Gasteiger partial charge >= 0.3 is 0 Å². The van der Waals surface area contributed by atoms with Gasteiger partial charge in [0, 0.05) is 52.3 Å². The van der Waals surface area contributed by atoms with Crippen LogP contribution in [0.3, 0.4) is 0 Å². The van der Waals surface area contributed by atoms with Crippen LogP contribution in [0.4, 0.5) is 5.69 Å². The number of aliphatic hydroxyl groups excluding tert-OH is 1. The molecule has 0 spiro atoms. The van der Waals surface area contributed by atoms with Crippen molar-refractivity contribution in [3.63, 3.8) is 0 Å². The minimum atomic E-state index is -0.852. The molecule has 1 heterocycles. The highest BCUT2D eigenvalue weighted by molar-refractivity contribution is 9.11. The Kier molecular flexibility index (Phi) is 10.8. The van der Waals surface area contributed by atoms with Crippen LogP contribution in [0.25, 0.3) is 0 Å². The van der Waals surface area contributed by atoms with Crippen molar-refractivity contribution in [1.82, 2.24) is 10.6 Å². The van der Waals surface area contributed by atoms with Gasteiger partial charge in [-0.1, -0.05) is 62.2 Å². The summed E-state index contributed by atoms with van der Waals surface area (Å²) in [5.74, 6) is 0.228. The van der Waals surface area contributed by atoms with Crippen molar-refractivity contribution in [2.24, 2.45) is 0 Å². The first-order chi connectivity index (χ1) is 19.2. The van der Waals surface area contributed by atoms with Crippen LogP contribution in [0.2, 0.25) is 0 Å². The number of carbonyl (C=O) groups excluding carboxylic acids is 2. The molecular weight excluding hydrogens is 638 g/mol. The van der Waals surface area contributed by atoms with E-state index in [-0.39, 0.29) is 24.5 Å². The topological polar surface area (TPSA) is 90.9 Å². The van der Waals surface area contributed by atoms with Gasteiger partial charge in [-0.25, -0.2) is 0 Å². The summed E-state index contributed by atoms with van der Waals surface area (Å²) in [7, 11) is 0. The third-order valence-corrected chi connectivity index (χ3v) is 7.51. The van der Waals surface area contributed by atoms with E-state index in [4.69, 9.17) is 4.74 Å². The van der Waals surface area contributed by atoms with Gasteiger partial charge in [0.25, 0.3) is 5.91 Å². The van der Waals surface area contributed by atoms with E-state index < -0.39 is 12.1 Å². The smallest absolute Gasteiger partial charge is 0.251 e. The summed E-state index contributed by atoms with van der Waals surface area (Å²) >= 11 is 7.01. The maximum absolute atomic E-state index is 13.6. The molecule has 2 atom stereocenters. The molecule has 1 fully saturated rings. The van der Waals surface area contributed by atoms with E-state index in [9.17, 15) is 14.7 Å². The minimum absolute atomic E-state index is 0.0361. The van der Waals surface area contributed by atoms with Gasteiger partial charge in [-0.2, -0.15) is 0 Å². The van der Waals surface area contributed by atoms with Crippen LogP contribution in [0.5, 0.6) is 5.75 Å². The quantitative estimate of drug-likeness (QED) is 0.233. The first-order valence-corrected chi connectivity index (χ1v) is 15.1. The summed E-state index contributed by atoms with van der Waals surface area (Å²) in [5, 5.41) is 17.6. The van der Waals surface area contributed by atoms with Crippen molar-refractivity contribution >= 4 is 49.4 Å². The Balaban J connectivity index is 1.52. The van der Waals surface area contributed by atoms with E-state index in [0.29, 0.717) is 42.9 Å². The number of anilines is 1. The van der Waals surface area contributed by atoms with E-state index >= 15 is 0 Å². The molecule has 1 aliphatic heterocycles. The Labute approximate surface area is 252 Å². The number of aliphatic hydroxyl groups is 1. The maximum atomic E-state index is 13.6. The molecule has 40 heavy (non-hydrogen) atoms. The molecule has 0 bridgehead atoms. The summed E-state index contributed by atoms with van der Waals surface area (Å²) in [4.78, 5) is 27.7. The zero-order valence-electron chi connectivity index (χ0n) is 22.7. The number of hydrogen-bond donors (Lipinski definition) is 3. The predicted molar refractivity (Wildman–Crippen MR) is 165 cm³/mol. The molecule has 0 aliphatic carbocycles. The molecule has 3 aromatic carbocycles. The number of halogens is 2. The van der Waals surface area contributed by atoms with Crippen molar-refractivity contribution in [1.29, 1.82) is 0 Å². The van der Waals surface area contributed by atoms with Crippen LogP contribution >= 0.6 is 31.9 Å². The fourth-order valence-electron chi connectivity index (χ4n) is 4.75. The van der Waals surface area contributed by atoms with E-state index in [1.165, 1.54) is 0 Å². The normalized spacial score (nSPS) is 14.8. The number of ether oxygens (including phenoxy) is 1. The standard InChI is InChI=1S/C31H35Br2N3O4/c1-20(2)40-27-15-23(14-26(17-27)36-10-6-9-30(36)38)31(39)35-28(13-21-7-4-3-5-8-21)29(37)19-34-18-22-11-24(32)16-25(33)12-22/h3-5,7-8,11-12,14-17,20,28-29,34,37H,6,9-10,13,18-19H2,1-2H3,(H,35,39)/t28-,29+/m0/s1. The first-order valence-electron chi connectivity index (χ1n) is 13.5. The predicted octanol–water partition coefficient (Wildman–Crippen LogP) is 5.62. The van der Waals surface area contributed by atoms with Gasteiger partial charge in [-0.15, -0.1) is 0 Å². The average Bonchev–Trinajstić information content (AvgIpc) is 3.33. The molecular formula is C31H35Br2N3O4. The summed E-state index contributed by atoms with van der Waals surface area (Å²) < 4.78 is 7.85. The first kappa shape index (κ1) is 30.2. The van der Waals surface area contributed by atoms with Gasteiger partial charge in [0.1, 0.15) is 5.75 Å². The number of carbonyl (C=O) groups is 2. The Morgan fingerprint density at radius 2 is 1.75 bits per heavy atom. The fourth-order valence-corrected chi connectivity index (χ4v) is 6.14.